The van der Waals surface area contributed by atoms with Gasteiger partial charge in [-0.15, -0.1) is 0 Å². The van der Waals surface area contributed by atoms with Crippen LogP contribution in [0.1, 0.15) is 206 Å². The van der Waals surface area contributed by atoms with Crippen LogP contribution >= 0.6 is 7.82 Å². The Bertz CT molecular complexity index is 1790. The average molecular weight is 1070 g/mol. The highest BCUT2D eigenvalue weighted by Crippen LogP contribution is 2.38. The van der Waals surface area contributed by atoms with Gasteiger partial charge in [-0.1, -0.05) is 217 Å². The number of nitrogens with zero attached hydrogens (tertiary/aromatic N) is 1. The number of likely N-dealkylation sites (N-methyl/N-ethyl adjacent to an activating group) is 1. The molecule has 2 atom stereocenters. The van der Waals surface area contributed by atoms with Gasteiger partial charge in [0.2, 0.25) is 0 Å². The van der Waals surface area contributed by atoms with Crippen molar-refractivity contribution in [3.63, 3.8) is 0 Å². The monoisotopic (exact) mass is 1070 g/mol. The summed E-state index contributed by atoms with van der Waals surface area (Å²) in [6.07, 6.45) is 81.8. The number of unbranched alkanes of at least 4 members (excludes halogenated alkanes) is 14. The van der Waals surface area contributed by atoms with Crippen LogP contribution in [-0.2, 0) is 32.7 Å². The Labute approximate surface area is 465 Å². The zero-order chi connectivity index (χ0) is 55.6. The van der Waals surface area contributed by atoms with Crippen LogP contribution in [0.2, 0.25) is 0 Å². The summed E-state index contributed by atoms with van der Waals surface area (Å²) in [5.41, 5.74) is 0. The van der Waals surface area contributed by atoms with Crippen LogP contribution in [0.15, 0.2) is 146 Å². The van der Waals surface area contributed by atoms with Crippen molar-refractivity contribution in [2.24, 2.45) is 0 Å². The number of hydrogen-bond donors (Lipinski definition) is 0. The van der Waals surface area contributed by atoms with E-state index in [4.69, 9.17) is 18.5 Å². The van der Waals surface area contributed by atoms with Crippen molar-refractivity contribution in [3.05, 3.63) is 146 Å². The van der Waals surface area contributed by atoms with Gasteiger partial charge in [0.25, 0.3) is 7.82 Å². The van der Waals surface area contributed by atoms with Gasteiger partial charge in [-0.25, -0.2) is 0 Å². The molecule has 9 nitrogen and oxygen atoms in total. The van der Waals surface area contributed by atoms with Crippen molar-refractivity contribution >= 4 is 19.8 Å². The van der Waals surface area contributed by atoms with Gasteiger partial charge in [-0.3, -0.25) is 14.2 Å². The van der Waals surface area contributed by atoms with E-state index >= 15 is 0 Å². The summed E-state index contributed by atoms with van der Waals surface area (Å²) >= 11 is 0. The first kappa shape index (κ1) is 71.9. The largest absolute Gasteiger partial charge is 0.756 e. The summed E-state index contributed by atoms with van der Waals surface area (Å²) in [5, 5.41) is 0. The number of carbonyl (C=O) groups is 2. The third-order valence-corrected chi connectivity index (χ3v) is 12.8. The molecule has 0 heterocycles. The van der Waals surface area contributed by atoms with Gasteiger partial charge < -0.3 is 27.9 Å². The minimum Gasteiger partial charge on any atom is -0.756 e. The number of carbonyl (C=O) groups excluding carboxylic acids is 2. The molecule has 0 aromatic rings. The lowest BCUT2D eigenvalue weighted by Gasteiger charge is -2.28. The van der Waals surface area contributed by atoms with Crippen LogP contribution in [0.5, 0.6) is 0 Å². The summed E-state index contributed by atoms with van der Waals surface area (Å²) in [4.78, 5) is 37.8. The normalized spacial score (nSPS) is 14.3. The smallest absolute Gasteiger partial charge is 0.306 e. The van der Waals surface area contributed by atoms with Crippen molar-refractivity contribution in [3.8, 4) is 0 Å². The molecule has 10 heteroatoms. The molecule has 2 unspecified atom stereocenters. The number of allylic oxidation sites excluding steroid dienone is 24. The minimum atomic E-state index is -4.66. The summed E-state index contributed by atoms with van der Waals surface area (Å²) in [6, 6.07) is 0. The SMILES string of the molecule is CC/C=C\C/C=C\C/C=C\C/C=C\C/C=C\C/C=C\C/C=C\C/C=C\C/C=C\C/C=C\CCCCCCC(=O)OC(COC(=O)CCCCCCCCC/C=C\C/C=C\CCCCC)COP(=O)([O-])OCC[N+](C)(C)C. The zero-order valence-corrected chi connectivity index (χ0v) is 49.5. The number of hydrogen-bond acceptors (Lipinski definition) is 8. The molecule has 0 rings (SSSR count). The molecule has 0 aromatic carbocycles. The fraction of sp³-hybridized carbons (Fsp3) is 0.606. The molecule has 0 radical (unpaired) electrons. The number of ether oxygens (including phenoxy) is 2. The Morgan fingerprint density at radius 1 is 0.421 bits per heavy atom. The first-order chi connectivity index (χ1) is 37.0. The van der Waals surface area contributed by atoms with E-state index in [1.165, 1.54) is 44.9 Å². The molecular weight excluding hydrogens is 966 g/mol. The number of rotatable bonds is 52. The van der Waals surface area contributed by atoms with E-state index < -0.39 is 32.5 Å². The van der Waals surface area contributed by atoms with Gasteiger partial charge in [0, 0.05) is 12.8 Å². The van der Waals surface area contributed by atoms with Gasteiger partial charge in [-0.2, -0.15) is 0 Å². The first-order valence-corrected chi connectivity index (χ1v) is 31.0. The summed E-state index contributed by atoms with van der Waals surface area (Å²) in [6.45, 7) is 4.03. The van der Waals surface area contributed by atoms with Crippen molar-refractivity contribution in [2.45, 2.75) is 213 Å². The second-order valence-corrected chi connectivity index (χ2v) is 21.7. The summed E-state index contributed by atoms with van der Waals surface area (Å²) < 4.78 is 34.1. The van der Waals surface area contributed by atoms with E-state index in [-0.39, 0.29) is 26.1 Å². The van der Waals surface area contributed by atoms with E-state index in [9.17, 15) is 19.0 Å². The molecule has 0 aromatic heterocycles. The first-order valence-electron chi connectivity index (χ1n) is 29.5. The van der Waals surface area contributed by atoms with Gasteiger partial charge in [0.1, 0.15) is 19.8 Å². The Hall–Kier alpha value is -4.11. The van der Waals surface area contributed by atoms with E-state index in [0.29, 0.717) is 23.9 Å². The maximum Gasteiger partial charge on any atom is 0.306 e. The predicted molar refractivity (Wildman–Crippen MR) is 323 cm³/mol. The maximum atomic E-state index is 12.8. The summed E-state index contributed by atoms with van der Waals surface area (Å²) in [7, 11) is 1.12. The molecule has 76 heavy (non-hydrogen) atoms. The molecule has 0 saturated carbocycles. The predicted octanol–water partition coefficient (Wildman–Crippen LogP) is 18.1. The number of phosphoric ester groups is 1. The topological polar surface area (TPSA) is 111 Å². The average Bonchev–Trinajstić information content (AvgIpc) is 3.38. The van der Waals surface area contributed by atoms with Crippen LogP contribution < -0.4 is 4.89 Å². The van der Waals surface area contributed by atoms with Crippen LogP contribution in [0.25, 0.3) is 0 Å². The molecule has 0 N–H and O–H groups in total. The second kappa shape index (κ2) is 55.6. The van der Waals surface area contributed by atoms with Crippen LogP contribution in [0.3, 0.4) is 0 Å². The van der Waals surface area contributed by atoms with Crippen molar-refractivity contribution in [1.29, 1.82) is 0 Å². The molecule has 430 valence electrons. The Morgan fingerprint density at radius 3 is 1.12 bits per heavy atom. The van der Waals surface area contributed by atoms with Crippen LogP contribution in [-0.4, -0.2) is 70.0 Å². The number of esters is 2. The minimum absolute atomic E-state index is 0.0458. The number of quaternary nitrogens is 1. The van der Waals surface area contributed by atoms with E-state index in [1.54, 1.807) is 0 Å². The zero-order valence-electron chi connectivity index (χ0n) is 48.6. The molecule has 0 aliphatic heterocycles. The molecule has 0 bridgehead atoms. The van der Waals surface area contributed by atoms with Crippen LogP contribution in [0.4, 0.5) is 0 Å². The highest BCUT2D eigenvalue weighted by molar-refractivity contribution is 7.45. The van der Waals surface area contributed by atoms with Crippen molar-refractivity contribution in [2.75, 3.05) is 47.5 Å². The van der Waals surface area contributed by atoms with Crippen molar-refractivity contribution in [1.82, 2.24) is 0 Å². The Kier molecular flexibility index (Phi) is 52.6. The molecule has 0 spiro atoms. The fourth-order valence-corrected chi connectivity index (χ4v) is 8.03. The van der Waals surface area contributed by atoms with Gasteiger partial charge in [-0.05, 0) is 122 Å². The molecule has 0 aliphatic carbocycles. The molecule has 0 fully saturated rings. The molecular formula is C66H108NO8P. The highest BCUT2D eigenvalue weighted by Gasteiger charge is 2.21. The van der Waals surface area contributed by atoms with Gasteiger partial charge in [0.15, 0.2) is 6.10 Å². The second-order valence-electron chi connectivity index (χ2n) is 20.3. The lowest BCUT2D eigenvalue weighted by molar-refractivity contribution is -0.870. The Morgan fingerprint density at radius 2 is 0.750 bits per heavy atom. The fourth-order valence-electron chi connectivity index (χ4n) is 7.30. The molecule has 0 saturated heterocycles. The van der Waals surface area contributed by atoms with Crippen molar-refractivity contribution < 1.29 is 42.1 Å². The van der Waals surface area contributed by atoms with Crippen LogP contribution in [0, 0.1) is 0 Å². The van der Waals surface area contributed by atoms with E-state index in [1.807, 2.05) is 21.1 Å². The molecule has 0 aliphatic rings. The Balaban J connectivity index is 4.26. The molecule has 0 amide bonds. The van der Waals surface area contributed by atoms with E-state index in [2.05, 4.69) is 160 Å². The van der Waals surface area contributed by atoms with E-state index in [0.717, 1.165) is 122 Å². The summed E-state index contributed by atoms with van der Waals surface area (Å²) in [5.74, 6) is -0.883. The highest BCUT2D eigenvalue weighted by atomic mass is 31.2. The lowest BCUT2D eigenvalue weighted by atomic mass is 10.1. The van der Waals surface area contributed by atoms with Gasteiger partial charge >= 0.3 is 11.9 Å². The lowest BCUT2D eigenvalue weighted by Crippen LogP contribution is -2.37. The number of phosphoric acid groups is 1. The standard InChI is InChI=1S/C66H108NO8P/c1-6-8-10-12-14-16-18-20-22-24-25-26-27-28-29-30-31-32-33-34-35-36-37-38-39-40-41-43-45-47-49-51-53-55-57-59-66(69)75-64(63-74-76(70,71)73-61-60-67(3,4)5)62-72-65(68)58-56-54-52-50-48-46-44-42-23-21-19-17-15-13-11-9-7-2/h8,10,14-17,20-23,25-26,28-29,31-32,34-35,37-38,40-41,45,47,64H,6-7,9,11-13,18-19,24,27,30,33,36,39,42-44,46,48-63H2,1-5H3/b10-8-,16-14-,17-15-,22-20-,23-21-,26-25-,29-28-,32-31-,35-34-,38-37-,41-40-,47-45-. The van der Waals surface area contributed by atoms with Gasteiger partial charge in [0.05, 0.1) is 27.7 Å². The quantitative estimate of drug-likeness (QED) is 0.0195. The third kappa shape index (κ3) is 59.1. The maximum absolute atomic E-state index is 12.8. The third-order valence-electron chi connectivity index (χ3n) is 11.8.